The lowest BCUT2D eigenvalue weighted by molar-refractivity contribution is -0.116. The molecule has 12 heteroatoms. The number of ether oxygens (including phenoxy) is 2. The van der Waals surface area contributed by atoms with Crippen molar-refractivity contribution < 1.29 is 28.2 Å². The molecular weight excluding hydrogens is 712 g/mol. The molecule has 266 valence electrons. The first-order valence-corrected chi connectivity index (χ1v) is 18.0. The summed E-state index contributed by atoms with van der Waals surface area (Å²) in [4.78, 5) is 45.9. The third-order valence-electron chi connectivity index (χ3n) is 7.81. The Kier molecular flexibility index (Phi) is 11.9. The van der Waals surface area contributed by atoms with E-state index in [0.29, 0.717) is 44.0 Å². The maximum atomic E-state index is 13.9. The number of thiazole rings is 1. The van der Waals surface area contributed by atoms with Gasteiger partial charge >= 0.3 is 0 Å². The predicted octanol–water partition coefficient (Wildman–Crippen LogP) is 8.85. The zero-order chi connectivity index (χ0) is 37.2. The number of benzene rings is 5. The predicted molar refractivity (Wildman–Crippen MR) is 208 cm³/mol. The minimum absolute atomic E-state index is 0.0408. The molecule has 0 aliphatic rings. The Morgan fingerprint density at radius 3 is 2.23 bits per heavy atom. The summed E-state index contributed by atoms with van der Waals surface area (Å²) in [7, 11) is 3.14. The highest BCUT2D eigenvalue weighted by atomic mass is 32.2. The number of rotatable bonds is 13. The van der Waals surface area contributed by atoms with Crippen LogP contribution < -0.4 is 25.4 Å². The van der Waals surface area contributed by atoms with Crippen LogP contribution in [0.2, 0.25) is 0 Å². The van der Waals surface area contributed by atoms with Crippen molar-refractivity contribution in [3.8, 4) is 22.8 Å². The van der Waals surface area contributed by atoms with Crippen LogP contribution in [0.15, 0.2) is 143 Å². The smallest absolute Gasteiger partial charge is 0.272 e. The molecule has 3 N–H and O–H groups in total. The van der Waals surface area contributed by atoms with Crippen molar-refractivity contribution in [3.63, 3.8) is 0 Å². The number of aromatic nitrogens is 1. The van der Waals surface area contributed by atoms with Crippen LogP contribution in [0.1, 0.15) is 26.7 Å². The second-order valence-electron chi connectivity index (χ2n) is 11.4. The molecule has 1 heterocycles. The van der Waals surface area contributed by atoms with E-state index >= 15 is 0 Å². The Hall–Kier alpha value is -6.24. The maximum Gasteiger partial charge on any atom is 0.272 e. The molecule has 0 aliphatic carbocycles. The average molecular weight is 745 g/mol. The summed E-state index contributed by atoms with van der Waals surface area (Å²) in [6, 6.07) is 36.0. The lowest BCUT2D eigenvalue weighted by Crippen LogP contribution is -2.30. The molecule has 6 rings (SSSR count). The van der Waals surface area contributed by atoms with Crippen molar-refractivity contribution in [2.75, 3.05) is 24.9 Å². The number of thioether (sulfide) groups is 1. The van der Waals surface area contributed by atoms with E-state index < -0.39 is 22.9 Å². The van der Waals surface area contributed by atoms with Crippen LogP contribution in [0.5, 0.6) is 11.5 Å². The summed E-state index contributed by atoms with van der Waals surface area (Å²) in [5.74, 6) is -0.609. The number of methoxy groups -OCH3 is 2. The SMILES string of the molecule is COc1ccc(-c2csc(NC(=O)C(Sc3cccc(NC(=O)/C(=C/c4ccc(F)cc4)NC(=O)c4ccccc4)c3)c3ccccc3)n2)cc1OC. The van der Waals surface area contributed by atoms with Crippen LogP contribution in [-0.4, -0.2) is 36.9 Å². The van der Waals surface area contributed by atoms with Crippen molar-refractivity contribution in [1.82, 2.24) is 10.3 Å². The molecular formula is C41H33FN4O5S2. The Balaban J connectivity index is 1.20. The molecule has 5 aromatic carbocycles. The van der Waals surface area contributed by atoms with Gasteiger partial charge in [-0.15, -0.1) is 23.1 Å². The minimum Gasteiger partial charge on any atom is -0.493 e. The zero-order valence-corrected chi connectivity index (χ0v) is 30.2. The summed E-state index contributed by atoms with van der Waals surface area (Å²) in [6.45, 7) is 0. The molecule has 0 aliphatic heterocycles. The number of nitrogens with zero attached hydrogens (tertiary/aromatic N) is 1. The summed E-state index contributed by atoms with van der Waals surface area (Å²) in [5, 5.41) is 10.1. The van der Waals surface area contributed by atoms with Gasteiger partial charge in [0, 0.05) is 27.1 Å². The summed E-state index contributed by atoms with van der Waals surface area (Å²) >= 11 is 2.61. The standard InChI is InChI=1S/C41H33FN4O5S2/c1-50-35-21-18-29(23-36(35)51-2)34-25-52-41(45-34)46-40(49)37(27-10-5-3-6-11-27)53-32-15-9-14-31(24-32)43-39(48)33(22-26-16-19-30(42)20-17-26)44-38(47)28-12-7-4-8-13-28/h3-25,37H,1-2H3,(H,43,48)(H,44,47)(H,45,46,49)/b33-22-. The van der Waals surface area contributed by atoms with Gasteiger partial charge in [0.05, 0.1) is 19.9 Å². The highest BCUT2D eigenvalue weighted by Crippen LogP contribution is 2.38. The first-order chi connectivity index (χ1) is 25.8. The molecule has 0 bridgehead atoms. The van der Waals surface area contributed by atoms with E-state index in [-0.39, 0.29) is 11.6 Å². The number of amides is 3. The minimum atomic E-state index is -0.672. The Morgan fingerprint density at radius 2 is 1.51 bits per heavy atom. The highest BCUT2D eigenvalue weighted by Gasteiger charge is 2.24. The fraction of sp³-hybridized carbons (Fsp3) is 0.0732. The normalized spacial score (nSPS) is 11.6. The fourth-order valence-corrected chi connectivity index (χ4v) is 6.99. The molecule has 0 spiro atoms. The number of carbonyl (C=O) groups is 3. The lowest BCUT2D eigenvalue weighted by Gasteiger charge is -2.17. The van der Waals surface area contributed by atoms with Crippen LogP contribution in [0, 0.1) is 5.82 Å². The fourth-order valence-electron chi connectivity index (χ4n) is 5.18. The van der Waals surface area contributed by atoms with Crippen LogP contribution >= 0.6 is 23.1 Å². The number of carbonyl (C=O) groups excluding carboxylic acids is 3. The van der Waals surface area contributed by atoms with Crippen LogP contribution in [-0.2, 0) is 9.59 Å². The van der Waals surface area contributed by atoms with E-state index in [0.717, 1.165) is 11.1 Å². The van der Waals surface area contributed by atoms with E-state index in [2.05, 4.69) is 20.9 Å². The second kappa shape index (κ2) is 17.3. The highest BCUT2D eigenvalue weighted by molar-refractivity contribution is 8.00. The Morgan fingerprint density at radius 1 is 0.792 bits per heavy atom. The van der Waals surface area contributed by atoms with Gasteiger partial charge in [-0.3, -0.25) is 14.4 Å². The molecule has 0 fully saturated rings. The van der Waals surface area contributed by atoms with Gasteiger partial charge in [0.15, 0.2) is 16.6 Å². The summed E-state index contributed by atoms with van der Waals surface area (Å²) in [6.07, 6.45) is 1.47. The molecule has 6 aromatic rings. The number of halogens is 1. The quantitative estimate of drug-likeness (QED) is 0.0799. The van der Waals surface area contributed by atoms with Gasteiger partial charge < -0.3 is 25.4 Å². The van der Waals surface area contributed by atoms with Crippen molar-refractivity contribution in [1.29, 1.82) is 0 Å². The van der Waals surface area contributed by atoms with E-state index in [9.17, 15) is 18.8 Å². The molecule has 1 aromatic heterocycles. The van der Waals surface area contributed by atoms with Crippen LogP contribution in [0.3, 0.4) is 0 Å². The number of nitrogens with one attached hydrogen (secondary N) is 3. The molecule has 0 saturated carbocycles. The van der Waals surface area contributed by atoms with Crippen molar-refractivity contribution >= 4 is 57.7 Å². The molecule has 1 unspecified atom stereocenters. The first kappa shape index (κ1) is 36.5. The Bertz CT molecular complexity index is 2250. The average Bonchev–Trinajstić information content (AvgIpc) is 3.66. The summed E-state index contributed by atoms with van der Waals surface area (Å²) in [5.41, 5.74) is 3.53. The number of hydrogen-bond donors (Lipinski definition) is 3. The topological polar surface area (TPSA) is 119 Å². The maximum absolute atomic E-state index is 13.9. The van der Waals surface area contributed by atoms with Gasteiger partial charge in [-0.05, 0) is 77.9 Å². The number of hydrogen-bond acceptors (Lipinski definition) is 8. The molecule has 53 heavy (non-hydrogen) atoms. The number of anilines is 2. The molecule has 1 atom stereocenters. The van der Waals surface area contributed by atoms with Crippen molar-refractivity contribution in [2.24, 2.45) is 0 Å². The van der Waals surface area contributed by atoms with Crippen LogP contribution in [0.25, 0.3) is 17.3 Å². The van der Waals surface area contributed by atoms with E-state index in [1.54, 1.807) is 68.8 Å². The van der Waals surface area contributed by atoms with Crippen molar-refractivity contribution in [3.05, 3.63) is 161 Å². The van der Waals surface area contributed by atoms with Gasteiger partial charge in [0.2, 0.25) is 5.91 Å². The molecule has 9 nitrogen and oxygen atoms in total. The second-order valence-corrected chi connectivity index (χ2v) is 13.5. The van der Waals surface area contributed by atoms with Gasteiger partial charge in [-0.2, -0.15) is 0 Å². The van der Waals surface area contributed by atoms with Gasteiger partial charge in [0.25, 0.3) is 11.8 Å². The van der Waals surface area contributed by atoms with Gasteiger partial charge in [-0.25, -0.2) is 9.37 Å². The van der Waals surface area contributed by atoms with Crippen LogP contribution in [0.4, 0.5) is 15.2 Å². The molecule has 3 amide bonds. The van der Waals surface area contributed by atoms with E-state index in [1.807, 2.05) is 53.9 Å². The zero-order valence-electron chi connectivity index (χ0n) is 28.5. The monoisotopic (exact) mass is 744 g/mol. The molecule has 0 saturated heterocycles. The first-order valence-electron chi connectivity index (χ1n) is 16.2. The third kappa shape index (κ3) is 9.56. The van der Waals surface area contributed by atoms with E-state index in [1.165, 1.54) is 53.4 Å². The third-order valence-corrected chi connectivity index (χ3v) is 9.82. The van der Waals surface area contributed by atoms with Gasteiger partial charge in [0.1, 0.15) is 16.8 Å². The van der Waals surface area contributed by atoms with Gasteiger partial charge in [-0.1, -0.05) is 66.7 Å². The largest absolute Gasteiger partial charge is 0.493 e. The van der Waals surface area contributed by atoms with E-state index in [4.69, 9.17) is 9.47 Å². The summed E-state index contributed by atoms with van der Waals surface area (Å²) < 4.78 is 24.4. The molecule has 0 radical (unpaired) electrons. The Labute approximate surface area is 313 Å². The lowest BCUT2D eigenvalue weighted by atomic mass is 10.1. The van der Waals surface area contributed by atoms with Crippen molar-refractivity contribution in [2.45, 2.75) is 10.1 Å².